The van der Waals surface area contributed by atoms with E-state index >= 15 is 0 Å². The van der Waals surface area contributed by atoms with Crippen molar-refractivity contribution in [2.24, 2.45) is 5.73 Å². The van der Waals surface area contributed by atoms with Crippen molar-refractivity contribution in [3.63, 3.8) is 0 Å². The van der Waals surface area contributed by atoms with E-state index in [1.807, 2.05) is 0 Å². The summed E-state index contributed by atoms with van der Waals surface area (Å²) in [6.07, 6.45) is 5.78. The maximum Gasteiger partial charge on any atom is 0.0443 e. The summed E-state index contributed by atoms with van der Waals surface area (Å²) >= 11 is 6.47. The van der Waals surface area contributed by atoms with E-state index in [1.54, 1.807) is 0 Å². The third kappa shape index (κ3) is 4.20. The molecule has 2 nitrogen and oxygen atoms in total. The Kier molecular flexibility index (Phi) is 5.68. The van der Waals surface area contributed by atoms with Crippen LogP contribution in [0.2, 0.25) is 5.02 Å². The zero-order valence-electron chi connectivity index (χ0n) is 11.9. The lowest BCUT2D eigenvalue weighted by molar-refractivity contribution is 0.255. The summed E-state index contributed by atoms with van der Waals surface area (Å²) in [6, 6.07) is 6.65. The number of rotatable bonds is 5. The van der Waals surface area contributed by atoms with Crippen LogP contribution in [-0.4, -0.2) is 31.6 Å². The minimum Gasteiger partial charge on any atom is -0.330 e. The molecule has 0 radical (unpaired) electrons. The molecule has 0 aliphatic carbocycles. The van der Waals surface area contributed by atoms with Crippen LogP contribution in [-0.2, 0) is 6.42 Å². The van der Waals surface area contributed by atoms with Gasteiger partial charge in [-0.05, 0) is 81.9 Å². The molecule has 0 spiro atoms. The van der Waals surface area contributed by atoms with Crippen LogP contribution in [0.25, 0.3) is 0 Å². The maximum absolute atomic E-state index is 6.47. The lowest BCUT2D eigenvalue weighted by Crippen LogP contribution is -2.29. The van der Waals surface area contributed by atoms with E-state index in [1.165, 1.54) is 37.1 Å². The Morgan fingerprint density at radius 1 is 1.26 bits per heavy atom. The van der Waals surface area contributed by atoms with Crippen LogP contribution < -0.4 is 5.73 Å². The molecule has 0 atom stereocenters. The minimum absolute atomic E-state index is 0.641. The quantitative estimate of drug-likeness (QED) is 0.838. The second-order valence-corrected chi connectivity index (χ2v) is 6.09. The Morgan fingerprint density at radius 3 is 2.63 bits per heavy atom. The number of benzene rings is 1. The number of likely N-dealkylation sites (tertiary alicyclic amines) is 1. The molecule has 0 saturated carbocycles. The molecule has 0 bridgehead atoms. The standard InChI is InChI=1S/C16H25ClN2/c1-19-10-7-14(8-11-19)15-6-5-13(12-16(15)17)4-2-3-9-18/h5-6,12,14H,2-4,7-11,18H2,1H3. The van der Waals surface area contributed by atoms with Gasteiger partial charge < -0.3 is 10.6 Å². The zero-order chi connectivity index (χ0) is 13.7. The largest absolute Gasteiger partial charge is 0.330 e. The summed E-state index contributed by atoms with van der Waals surface area (Å²) in [5, 5.41) is 0.958. The molecule has 106 valence electrons. The van der Waals surface area contributed by atoms with Crippen LogP contribution in [0.1, 0.15) is 42.7 Å². The van der Waals surface area contributed by atoms with Gasteiger partial charge in [0.1, 0.15) is 0 Å². The fourth-order valence-electron chi connectivity index (χ4n) is 2.85. The van der Waals surface area contributed by atoms with E-state index in [0.29, 0.717) is 5.92 Å². The zero-order valence-corrected chi connectivity index (χ0v) is 12.6. The average molecular weight is 281 g/mol. The average Bonchev–Trinajstić information content (AvgIpc) is 2.41. The number of aryl methyl sites for hydroxylation is 1. The molecular weight excluding hydrogens is 256 g/mol. The van der Waals surface area contributed by atoms with E-state index in [2.05, 4.69) is 30.1 Å². The minimum atomic E-state index is 0.641. The molecule has 1 saturated heterocycles. The molecular formula is C16H25ClN2. The second-order valence-electron chi connectivity index (χ2n) is 5.68. The third-order valence-corrected chi connectivity index (χ3v) is 4.47. The second kappa shape index (κ2) is 7.28. The summed E-state index contributed by atoms with van der Waals surface area (Å²) in [7, 11) is 2.19. The van der Waals surface area contributed by atoms with Gasteiger partial charge in [0, 0.05) is 5.02 Å². The van der Waals surface area contributed by atoms with E-state index in [0.717, 1.165) is 30.8 Å². The van der Waals surface area contributed by atoms with E-state index in [9.17, 15) is 0 Å². The van der Waals surface area contributed by atoms with E-state index in [-0.39, 0.29) is 0 Å². The predicted octanol–water partition coefficient (Wildman–Crippen LogP) is 3.43. The molecule has 2 N–H and O–H groups in total. The first-order valence-electron chi connectivity index (χ1n) is 7.37. The smallest absolute Gasteiger partial charge is 0.0443 e. The normalized spacial score (nSPS) is 17.8. The number of nitrogens with zero attached hydrogens (tertiary/aromatic N) is 1. The predicted molar refractivity (Wildman–Crippen MR) is 82.9 cm³/mol. The summed E-state index contributed by atoms with van der Waals surface area (Å²) in [4.78, 5) is 2.39. The van der Waals surface area contributed by atoms with Gasteiger partial charge >= 0.3 is 0 Å². The Morgan fingerprint density at radius 2 is 2.00 bits per heavy atom. The molecule has 1 heterocycles. The molecule has 2 rings (SSSR count). The molecule has 0 unspecified atom stereocenters. The van der Waals surface area contributed by atoms with Crippen molar-refractivity contribution in [3.05, 3.63) is 34.3 Å². The highest BCUT2D eigenvalue weighted by molar-refractivity contribution is 6.31. The Hall–Kier alpha value is -0.570. The van der Waals surface area contributed by atoms with Crippen molar-refractivity contribution < 1.29 is 0 Å². The SMILES string of the molecule is CN1CCC(c2ccc(CCCCN)cc2Cl)CC1. The fourth-order valence-corrected chi connectivity index (χ4v) is 3.21. The third-order valence-electron chi connectivity index (χ3n) is 4.14. The molecule has 0 amide bonds. The molecule has 1 aromatic rings. The van der Waals surface area contributed by atoms with Gasteiger partial charge in [0.2, 0.25) is 0 Å². The first-order chi connectivity index (χ1) is 9.20. The topological polar surface area (TPSA) is 29.3 Å². The van der Waals surface area contributed by atoms with Crippen LogP contribution in [0, 0.1) is 0 Å². The monoisotopic (exact) mass is 280 g/mol. The lowest BCUT2D eigenvalue weighted by Gasteiger charge is -2.29. The molecule has 0 aromatic heterocycles. The number of halogens is 1. The molecule has 1 aliphatic rings. The van der Waals surface area contributed by atoms with Gasteiger partial charge in [-0.3, -0.25) is 0 Å². The Balaban J connectivity index is 1.98. The number of unbranched alkanes of at least 4 members (excludes halogenated alkanes) is 1. The van der Waals surface area contributed by atoms with E-state index < -0.39 is 0 Å². The number of hydrogen-bond acceptors (Lipinski definition) is 2. The summed E-state index contributed by atoms with van der Waals surface area (Å²) in [5.41, 5.74) is 8.21. The van der Waals surface area contributed by atoms with Gasteiger partial charge in [0.05, 0.1) is 0 Å². The van der Waals surface area contributed by atoms with Crippen molar-refractivity contribution in [3.8, 4) is 0 Å². The van der Waals surface area contributed by atoms with Gasteiger partial charge in [-0.2, -0.15) is 0 Å². The molecule has 1 aromatic carbocycles. The highest BCUT2D eigenvalue weighted by Gasteiger charge is 2.20. The van der Waals surface area contributed by atoms with E-state index in [4.69, 9.17) is 17.3 Å². The van der Waals surface area contributed by atoms with Crippen molar-refractivity contribution in [1.29, 1.82) is 0 Å². The molecule has 1 fully saturated rings. The van der Waals surface area contributed by atoms with Crippen LogP contribution in [0.3, 0.4) is 0 Å². The van der Waals surface area contributed by atoms with Crippen LogP contribution in [0.15, 0.2) is 18.2 Å². The molecule has 3 heteroatoms. The summed E-state index contributed by atoms with van der Waals surface area (Å²) in [6.45, 7) is 3.14. The Bertz CT molecular complexity index is 398. The highest BCUT2D eigenvalue weighted by atomic mass is 35.5. The van der Waals surface area contributed by atoms with Crippen LogP contribution >= 0.6 is 11.6 Å². The first-order valence-corrected chi connectivity index (χ1v) is 7.75. The van der Waals surface area contributed by atoms with Crippen LogP contribution in [0.4, 0.5) is 0 Å². The van der Waals surface area contributed by atoms with Crippen molar-refractivity contribution in [2.45, 2.75) is 38.0 Å². The summed E-state index contributed by atoms with van der Waals surface area (Å²) in [5.74, 6) is 0.641. The molecule has 19 heavy (non-hydrogen) atoms. The van der Waals surface area contributed by atoms with Crippen molar-refractivity contribution in [1.82, 2.24) is 4.90 Å². The maximum atomic E-state index is 6.47. The fraction of sp³-hybridized carbons (Fsp3) is 0.625. The van der Waals surface area contributed by atoms with Crippen molar-refractivity contribution >= 4 is 11.6 Å². The van der Waals surface area contributed by atoms with Gasteiger partial charge in [-0.25, -0.2) is 0 Å². The van der Waals surface area contributed by atoms with Gasteiger partial charge in [-0.15, -0.1) is 0 Å². The van der Waals surface area contributed by atoms with Crippen molar-refractivity contribution in [2.75, 3.05) is 26.7 Å². The van der Waals surface area contributed by atoms with Gasteiger partial charge in [0.25, 0.3) is 0 Å². The first kappa shape index (κ1) is 14.8. The lowest BCUT2D eigenvalue weighted by atomic mass is 9.89. The summed E-state index contributed by atoms with van der Waals surface area (Å²) < 4.78 is 0. The Labute approximate surface area is 121 Å². The van der Waals surface area contributed by atoms with Gasteiger partial charge in [0.15, 0.2) is 0 Å². The number of piperidine rings is 1. The number of hydrogen-bond donors (Lipinski definition) is 1. The van der Waals surface area contributed by atoms with Crippen LogP contribution in [0.5, 0.6) is 0 Å². The van der Waals surface area contributed by atoms with Gasteiger partial charge in [-0.1, -0.05) is 23.7 Å². The highest BCUT2D eigenvalue weighted by Crippen LogP contribution is 2.33. The number of nitrogens with two attached hydrogens (primary N) is 1. The molecule has 1 aliphatic heterocycles.